The normalized spacial score (nSPS) is 31.4. The summed E-state index contributed by atoms with van der Waals surface area (Å²) >= 11 is 0. The molecule has 20 heavy (non-hydrogen) atoms. The minimum absolute atomic E-state index is 0.160. The van der Waals surface area contributed by atoms with E-state index in [0.29, 0.717) is 12.0 Å². The van der Waals surface area contributed by atoms with Crippen molar-refractivity contribution in [2.24, 2.45) is 11.8 Å². The van der Waals surface area contributed by atoms with Gasteiger partial charge in [-0.05, 0) is 41.7 Å². The Hall–Kier alpha value is -1.31. The maximum absolute atomic E-state index is 12.3. The molecule has 0 unspecified atom stereocenters. The zero-order valence-corrected chi connectivity index (χ0v) is 13.0. The Kier molecular flexibility index (Phi) is 3.15. The summed E-state index contributed by atoms with van der Waals surface area (Å²) < 4.78 is 0. The Morgan fingerprint density at radius 3 is 2.65 bits per heavy atom. The van der Waals surface area contributed by atoms with Crippen LogP contribution in [0.1, 0.15) is 52.5 Å². The van der Waals surface area contributed by atoms with Crippen molar-refractivity contribution in [1.29, 1.82) is 0 Å². The highest BCUT2D eigenvalue weighted by Crippen LogP contribution is 2.51. The molecular formula is C18H25NO. The predicted octanol–water partition coefficient (Wildman–Crippen LogP) is 4.14. The number of hydrogen-bond donors (Lipinski definition) is 0. The molecular weight excluding hydrogens is 246 g/mol. The molecule has 2 aliphatic rings. The van der Waals surface area contributed by atoms with Crippen LogP contribution < -0.4 is 4.90 Å². The summed E-state index contributed by atoms with van der Waals surface area (Å²) in [7, 11) is 0. The fraction of sp³-hybridized carbons (Fsp3) is 0.611. The fourth-order valence-electron chi connectivity index (χ4n) is 4.49. The first-order chi connectivity index (χ1) is 9.43. The van der Waals surface area contributed by atoms with Crippen LogP contribution in [-0.2, 0) is 10.2 Å². The van der Waals surface area contributed by atoms with E-state index in [2.05, 4.69) is 49.9 Å². The standard InChI is InChI=1S/C18H25NO/c1-12-9-10-15-17(11-12)19(13(2)20)16-8-6-5-7-14(16)18(15,3)4/h5-8,12,15,17H,9-11H2,1-4H3/t12-,15+,17-/m0/s1. The first kappa shape index (κ1) is 13.7. The maximum Gasteiger partial charge on any atom is 0.224 e. The van der Waals surface area contributed by atoms with E-state index >= 15 is 0 Å². The van der Waals surface area contributed by atoms with Crippen molar-refractivity contribution in [3.05, 3.63) is 29.8 Å². The molecule has 1 amide bonds. The van der Waals surface area contributed by atoms with Crippen molar-refractivity contribution in [2.75, 3.05) is 4.90 Å². The zero-order chi connectivity index (χ0) is 14.5. The molecule has 1 aromatic carbocycles. The Balaban J connectivity index is 2.16. The SMILES string of the molecule is CC(=O)N1c2ccccc2C(C)(C)[C@@H]2CC[C@H](C)C[C@@H]21. The lowest BCUT2D eigenvalue weighted by molar-refractivity contribution is -0.117. The molecule has 1 aliphatic carbocycles. The summed E-state index contributed by atoms with van der Waals surface area (Å²) in [5.74, 6) is 1.49. The second-order valence-corrected chi connectivity index (χ2v) is 7.22. The molecule has 3 atom stereocenters. The van der Waals surface area contributed by atoms with Crippen molar-refractivity contribution >= 4 is 11.6 Å². The largest absolute Gasteiger partial charge is 0.309 e. The number of hydrogen-bond acceptors (Lipinski definition) is 1. The number of rotatable bonds is 0. The van der Waals surface area contributed by atoms with Gasteiger partial charge in [-0.3, -0.25) is 4.79 Å². The van der Waals surface area contributed by atoms with E-state index in [1.807, 2.05) is 0 Å². The van der Waals surface area contributed by atoms with Gasteiger partial charge in [-0.1, -0.05) is 45.4 Å². The molecule has 1 heterocycles. The zero-order valence-electron chi connectivity index (χ0n) is 13.0. The Morgan fingerprint density at radius 2 is 1.95 bits per heavy atom. The van der Waals surface area contributed by atoms with Gasteiger partial charge in [-0.2, -0.15) is 0 Å². The van der Waals surface area contributed by atoms with Gasteiger partial charge in [0.2, 0.25) is 5.91 Å². The summed E-state index contributed by atoms with van der Waals surface area (Å²) in [5.41, 5.74) is 2.64. The predicted molar refractivity (Wildman–Crippen MR) is 82.9 cm³/mol. The molecule has 0 aromatic heterocycles. The quantitative estimate of drug-likeness (QED) is 0.694. The highest BCUT2D eigenvalue weighted by molar-refractivity contribution is 5.94. The van der Waals surface area contributed by atoms with Crippen molar-refractivity contribution < 1.29 is 4.79 Å². The van der Waals surface area contributed by atoms with Gasteiger partial charge in [-0.15, -0.1) is 0 Å². The Morgan fingerprint density at radius 1 is 1.25 bits per heavy atom. The third kappa shape index (κ3) is 1.88. The van der Waals surface area contributed by atoms with Crippen LogP contribution in [0.5, 0.6) is 0 Å². The van der Waals surface area contributed by atoms with Gasteiger partial charge in [-0.25, -0.2) is 0 Å². The lowest BCUT2D eigenvalue weighted by Crippen LogP contribution is -2.56. The van der Waals surface area contributed by atoms with Crippen LogP contribution in [0.3, 0.4) is 0 Å². The summed E-state index contributed by atoms with van der Waals surface area (Å²) in [5, 5.41) is 0. The average molecular weight is 271 g/mol. The number of para-hydroxylation sites is 1. The molecule has 1 aromatic rings. The van der Waals surface area contributed by atoms with Crippen LogP contribution in [0, 0.1) is 11.8 Å². The molecule has 0 spiro atoms. The number of nitrogens with zero attached hydrogens (tertiary/aromatic N) is 1. The molecule has 1 saturated carbocycles. The molecule has 3 rings (SSSR count). The lowest BCUT2D eigenvalue weighted by atomic mass is 9.60. The van der Waals surface area contributed by atoms with Gasteiger partial charge < -0.3 is 4.90 Å². The first-order valence-corrected chi connectivity index (χ1v) is 7.82. The average Bonchev–Trinajstić information content (AvgIpc) is 2.38. The highest BCUT2D eigenvalue weighted by Gasteiger charge is 2.48. The van der Waals surface area contributed by atoms with E-state index in [1.54, 1.807) is 6.92 Å². The summed E-state index contributed by atoms with van der Waals surface area (Å²) in [6.07, 6.45) is 3.66. The van der Waals surface area contributed by atoms with Gasteiger partial charge in [0.25, 0.3) is 0 Å². The van der Waals surface area contributed by atoms with Gasteiger partial charge >= 0.3 is 0 Å². The van der Waals surface area contributed by atoms with Crippen LogP contribution in [0.15, 0.2) is 24.3 Å². The number of fused-ring (bicyclic) bond motifs is 2. The number of benzene rings is 1. The monoisotopic (exact) mass is 271 g/mol. The van der Waals surface area contributed by atoms with Gasteiger partial charge in [0, 0.05) is 18.7 Å². The molecule has 0 radical (unpaired) electrons. The number of amides is 1. The van der Waals surface area contributed by atoms with Crippen molar-refractivity contribution in [1.82, 2.24) is 0 Å². The number of carbonyl (C=O) groups excluding carboxylic acids is 1. The van der Waals surface area contributed by atoms with Crippen LogP contribution in [0.25, 0.3) is 0 Å². The molecule has 108 valence electrons. The Labute approximate surface area is 122 Å². The number of carbonyl (C=O) groups is 1. The molecule has 0 N–H and O–H groups in total. The lowest BCUT2D eigenvalue weighted by Gasteiger charge is -2.53. The first-order valence-electron chi connectivity index (χ1n) is 7.82. The van der Waals surface area contributed by atoms with E-state index in [4.69, 9.17) is 0 Å². The third-order valence-corrected chi connectivity index (χ3v) is 5.53. The molecule has 2 heteroatoms. The van der Waals surface area contributed by atoms with E-state index in [9.17, 15) is 4.79 Å². The van der Waals surface area contributed by atoms with Gasteiger partial charge in [0.05, 0.1) is 0 Å². The third-order valence-electron chi connectivity index (χ3n) is 5.53. The smallest absolute Gasteiger partial charge is 0.224 e. The van der Waals surface area contributed by atoms with E-state index in [1.165, 1.54) is 18.4 Å². The molecule has 2 nitrogen and oxygen atoms in total. The number of anilines is 1. The van der Waals surface area contributed by atoms with Crippen LogP contribution in [0.4, 0.5) is 5.69 Å². The van der Waals surface area contributed by atoms with Crippen molar-refractivity contribution in [3.63, 3.8) is 0 Å². The van der Waals surface area contributed by atoms with Gasteiger partial charge in [0.1, 0.15) is 0 Å². The second kappa shape index (κ2) is 4.61. The van der Waals surface area contributed by atoms with Crippen LogP contribution in [0.2, 0.25) is 0 Å². The molecule has 1 fully saturated rings. The maximum atomic E-state index is 12.3. The fourth-order valence-corrected chi connectivity index (χ4v) is 4.49. The Bertz CT molecular complexity index is 534. The summed E-state index contributed by atoms with van der Waals surface area (Å²) in [6, 6.07) is 8.86. The molecule has 0 saturated heterocycles. The van der Waals surface area contributed by atoms with E-state index in [0.717, 1.165) is 18.0 Å². The summed E-state index contributed by atoms with van der Waals surface area (Å²) in [4.78, 5) is 14.3. The second-order valence-electron chi connectivity index (χ2n) is 7.22. The molecule has 1 aliphatic heterocycles. The van der Waals surface area contributed by atoms with Crippen molar-refractivity contribution in [2.45, 2.75) is 58.4 Å². The minimum Gasteiger partial charge on any atom is -0.309 e. The van der Waals surface area contributed by atoms with E-state index < -0.39 is 0 Å². The van der Waals surface area contributed by atoms with Gasteiger partial charge in [0.15, 0.2) is 0 Å². The van der Waals surface area contributed by atoms with Crippen molar-refractivity contribution in [3.8, 4) is 0 Å². The minimum atomic E-state index is 0.160. The van der Waals surface area contributed by atoms with E-state index in [-0.39, 0.29) is 11.3 Å². The highest BCUT2D eigenvalue weighted by atomic mass is 16.2. The molecule has 0 bridgehead atoms. The topological polar surface area (TPSA) is 20.3 Å². The summed E-state index contributed by atoms with van der Waals surface area (Å²) in [6.45, 7) is 8.75. The van der Waals surface area contributed by atoms with Crippen LogP contribution in [-0.4, -0.2) is 11.9 Å². The van der Waals surface area contributed by atoms with Crippen LogP contribution >= 0.6 is 0 Å².